The van der Waals surface area contributed by atoms with Crippen molar-refractivity contribution in [2.75, 3.05) is 0 Å². The van der Waals surface area contributed by atoms with E-state index in [1.54, 1.807) is 0 Å². The van der Waals surface area contributed by atoms with Gasteiger partial charge in [0.25, 0.3) is 0 Å². The Bertz CT molecular complexity index is 106. The SMILES string of the molecule is CCCC1CC2CC(C1)O2. The van der Waals surface area contributed by atoms with Crippen LogP contribution in [0.1, 0.15) is 39.0 Å². The Balaban J connectivity index is 1.80. The Morgan fingerprint density at radius 3 is 2.30 bits per heavy atom. The summed E-state index contributed by atoms with van der Waals surface area (Å²) >= 11 is 0. The lowest BCUT2D eigenvalue weighted by atomic mass is 9.79. The normalized spacial score (nSPS) is 44.7. The van der Waals surface area contributed by atoms with Crippen molar-refractivity contribution in [1.29, 1.82) is 0 Å². The van der Waals surface area contributed by atoms with E-state index in [1.165, 1.54) is 32.1 Å². The summed E-state index contributed by atoms with van der Waals surface area (Å²) in [5, 5.41) is 0. The predicted molar refractivity (Wildman–Crippen MR) is 40.9 cm³/mol. The molecule has 2 bridgehead atoms. The first kappa shape index (κ1) is 6.66. The quantitative estimate of drug-likeness (QED) is 0.572. The first-order valence-corrected chi connectivity index (χ1v) is 4.54. The molecule has 3 rings (SSSR count). The molecule has 2 unspecified atom stereocenters. The Kier molecular flexibility index (Phi) is 1.69. The fraction of sp³-hybridized carbons (Fsp3) is 1.00. The van der Waals surface area contributed by atoms with Crippen LogP contribution in [0.4, 0.5) is 0 Å². The van der Waals surface area contributed by atoms with E-state index in [0.29, 0.717) is 12.2 Å². The van der Waals surface area contributed by atoms with Crippen LogP contribution in [0.15, 0.2) is 0 Å². The van der Waals surface area contributed by atoms with Gasteiger partial charge in [0.05, 0.1) is 12.2 Å². The van der Waals surface area contributed by atoms with E-state index in [4.69, 9.17) is 4.74 Å². The summed E-state index contributed by atoms with van der Waals surface area (Å²) in [6.45, 7) is 2.28. The molecule has 1 heteroatoms. The molecule has 2 heterocycles. The molecule has 1 nitrogen and oxygen atoms in total. The molecular formula is C9H16O. The van der Waals surface area contributed by atoms with Gasteiger partial charge in [-0.2, -0.15) is 0 Å². The van der Waals surface area contributed by atoms with E-state index in [2.05, 4.69) is 6.92 Å². The van der Waals surface area contributed by atoms with Crippen LogP contribution >= 0.6 is 0 Å². The van der Waals surface area contributed by atoms with Crippen LogP contribution < -0.4 is 0 Å². The van der Waals surface area contributed by atoms with Gasteiger partial charge in [-0.15, -0.1) is 0 Å². The highest BCUT2D eigenvalue weighted by molar-refractivity contribution is 4.87. The van der Waals surface area contributed by atoms with Gasteiger partial charge in [-0.05, 0) is 25.2 Å². The highest BCUT2D eigenvalue weighted by atomic mass is 16.5. The van der Waals surface area contributed by atoms with Crippen molar-refractivity contribution in [3.05, 3.63) is 0 Å². The number of rotatable bonds is 2. The number of fused-ring (bicyclic) bond motifs is 2. The molecule has 58 valence electrons. The maximum Gasteiger partial charge on any atom is 0.0606 e. The van der Waals surface area contributed by atoms with E-state index < -0.39 is 0 Å². The molecule has 2 saturated heterocycles. The fourth-order valence-electron chi connectivity index (χ4n) is 2.34. The minimum absolute atomic E-state index is 0.662. The van der Waals surface area contributed by atoms with Gasteiger partial charge in [0.15, 0.2) is 0 Å². The zero-order valence-electron chi connectivity index (χ0n) is 6.68. The van der Waals surface area contributed by atoms with Crippen molar-refractivity contribution >= 4 is 0 Å². The van der Waals surface area contributed by atoms with Gasteiger partial charge in [0.1, 0.15) is 0 Å². The average Bonchev–Trinajstić information content (AvgIpc) is 1.87. The number of ether oxygens (including phenoxy) is 1. The van der Waals surface area contributed by atoms with E-state index in [0.717, 1.165) is 5.92 Å². The fourth-order valence-corrected chi connectivity index (χ4v) is 2.34. The summed E-state index contributed by atoms with van der Waals surface area (Å²) in [4.78, 5) is 0. The third kappa shape index (κ3) is 1.07. The highest BCUT2D eigenvalue weighted by Gasteiger charge is 2.38. The zero-order chi connectivity index (χ0) is 6.97. The topological polar surface area (TPSA) is 9.23 Å². The van der Waals surface area contributed by atoms with Crippen molar-refractivity contribution < 1.29 is 4.74 Å². The van der Waals surface area contributed by atoms with E-state index >= 15 is 0 Å². The summed E-state index contributed by atoms with van der Waals surface area (Å²) in [6.07, 6.45) is 8.17. The first-order chi connectivity index (χ1) is 4.88. The Labute approximate surface area is 62.8 Å². The van der Waals surface area contributed by atoms with Crippen LogP contribution in [0.2, 0.25) is 0 Å². The van der Waals surface area contributed by atoms with Gasteiger partial charge in [-0.1, -0.05) is 19.8 Å². The van der Waals surface area contributed by atoms with Crippen LogP contribution in [0, 0.1) is 5.92 Å². The van der Waals surface area contributed by atoms with Crippen LogP contribution in [0.3, 0.4) is 0 Å². The molecule has 0 radical (unpaired) electrons. The minimum atomic E-state index is 0.662. The first-order valence-electron chi connectivity index (χ1n) is 4.54. The lowest BCUT2D eigenvalue weighted by Gasteiger charge is -2.45. The van der Waals surface area contributed by atoms with Crippen molar-refractivity contribution in [2.24, 2.45) is 5.92 Å². The maximum absolute atomic E-state index is 5.55. The summed E-state index contributed by atoms with van der Waals surface area (Å²) in [7, 11) is 0. The molecule has 0 aromatic rings. The second kappa shape index (κ2) is 2.54. The van der Waals surface area contributed by atoms with E-state index in [1.807, 2.05) is 0 Å². The smallest absolute Gasteiger partial charge is 0.0606 e. The summed E-state index contributed by atoms with van der Waals surface area (Å²) < 4.78 is 5.55. The van der Waals surface area contributed by atoms with Crippen molar-refractivity contribution in [3.63, 3.8) is 0 Å². The van der Waals surface area contributed by atoms with Crippen molar-refractivity contribution in [1.82, 2.24) is 0 Å². The van der Waals surface area contributed by atoms with Crippen molar-refractivity contribution in [2.45, 2.75) is 51.2 Å². The third-order valence-electron chi connectivity index (χ3n) is 2.80. The Morgan fingerprint density at radius 1 is 1.20 bits per heavy atom. The second-order valence-electron chi connectivity index (χ2n) is 3.74. The monoisotopic (exact) mass is 140 g/mol. The Hall–Kier alpha value is -0.0400. The van der Waals surface area contributed by atoms with Gasteiger partial charge >= 0.3 is 0 Å². The lowest BCUT2D eigenvalue weighted by Crippen LogP contribution is -2.45. The average molecular weight is 140 g/mol. The molecule has 10 heavy (non-hydrogen) atoms. The molecule has 0 amide bonds. The van der Waals surface area contributed by atoms with Crippen LogP contribution in [-0.4, -0.2) is 12.2 Å². The third-order valence-corrected chi connectivity index (χ3v) is 2.80. The molecule has 3 fully saturated rings. The van der Waals surface area contributed by atoms with Crippen molar-refractivity contribution in [3.8, 4) is 0 Å². The van der Waals surface area contributed by atoms with E-state index in [-0.39, 0.29) is 0 Å². The van der Waals surface area contributed by atoms with Crippen LogP contribution in [0.25, 0.3) is 0 Å². The van der Waals surface area contributed by atoms with Gasteiger partial charge in [0.2, 0.25) is 0 Å². The lowest BCUT2D eigenvalue weighted by molar-refractivity contribution is -0.173. The summed E-state index contributed by atoms with van der Waals surface area (Å²) in [5.41, 5.74) is 0. The number of hydrogen-bond acceptors (Lipinski definition) is 1. The molecule has 1 aliphatic carbocycles. The largest absolute Gasteiger partial charge is 0.375 e. The van der Waals surface area contributed by atoms with E-state index in [9.17, 15) is 0 Å². The molecule has 0 N–H and O–H groups in total. The van der Waals surface area contributed by atoms with Gasteiger partial charge in [0, 0.05) is 0 Å². The molecular weight excluding hydrogens is 124 g/mol. The molecule has 2 aliphatic heterocycles. The molecule has 1 saturated carbocycles. The molecule has 2 atom stereocenters. The molecule has 0 aromatic carbocycles. The molecule has 0 aromatic heterocycles. The second-order valence-corrected chi connectivity index (χ2v) is 3.74. The molecule has 3 aliphatic rings. The van der Waals surface area contributed by atoms with Gasteiger partial charge < -0.3 is 4.74 Å². The van der Waals surface area contributed by atoms with Crippen LogP contribution in [-0.2, 0) is 4.74 Å². The Morgan fingerprint density at radius 2 is 1.80 bits per heavy atom. The number of hydrogen-bond donors (Lipinski definition) is 0. The molecule has 0 spiro atoms. The summed E-state index contributed by atoms with van der Waals surface area (Å²) in [6, 6.07) is 0. The maximum atomic E-state index is 5.55. The van der Waals surface area contributed by atoms with Crippen LogP contribution in [0.5, 0.6) is 0 Å². The van der Waals surface area contributed by atoms with Gasteiger partial charge in [-0.3, -0.25) is 0 Å². The highest BCUT2D eigenvalue weighted by Crippen LogP contribution is 2.39. The zero-order valence-corrected chi connectivity index (χ0v) is 6.68. The van der Waals surface area contributed by atoms with Gasteiger partial charge in [-0.25, -0.2) is 0 Å². The standard InChI is InChI=1S/C9H16O/c1-2-3-7-4-8-6-9(5-7)10-8/h7-9H,2-6H2,1H3. The predicted octanol–water partition coefficient (Wildman–Crippen LogP) is 2.35. The summed E-state index contributed by atoms with van der Waals surface area (Å²) in [5.74, 6) is 1.00. The minimum Gasteiger partial charge on any atom is -0.375 e.